The van der Waals surface area contributed by atoms with Gasteiger partial charge in [-0.1, -0.05) is 43.3 Å². The van der Waals surface area contributed by atoms with E-state index in [4.69, 9.17) is 5.73 Å². The normalized spacial score (nSPS) is 10.8. The van der Waals surface area contributed by atoms with Gasteiger partial charge in [0.15, 0.2) is 0 Å². The van der Waals surface area contributed by atoms with Gasteiger partial charge >= 0.3 is 0 Å². The number of anilines is 1. The monoisotopic (exact) mass is 285 g/mol. The van der Waals surface area contributed by atoms with Gasteiger partial charge in [-0.3, -0.25) is 0 Å². The van der Waals surface area contributed by atoms with E-state index in [2.05, 4.69) is 51.1 Å². The van der Waals surface area contributed by atoms with E-state index in [0.29, 0.717) is 17.3 Å². The second-order valence-electron chi connectivity index (χ2n) is 5.32. The Morgan fingerprint density at radius 3 is 2.50 bits per heavy atom. The third-order valence-corrected chi connectivity index (χ3v) is 4.13. The summed E-state index contributed by atoms with van der Waals surface area (Å²) in [5, 5.41) is 10.2. The topological polar surface area (TPSA) is 54.7 Å². The maximum absolute atomic E-state index is 9.24. The molecule has 0 spiro atoms. The van der Waals surface area contributed by atoms with Crippen LogP contribution in [-0.2, 0) is 6.54 Å². The first kappa shape index (κ1) is 14.5. The number of hydrogen-bond acceptors (Lipinski definition) is 3. The summed E-state index contributed by atoms with van der Waals surface area (Å²) >= 11 is 1.61. The minimum atomic E-state index is 0.464. The predicted octanol–water partition coefficient (Wildman–Crippen LogP) is 4.06. The lowest BCUT2D eigenvalue weighted by Gasteiger charge is -2.13. The molecule has 1 aromatic carbocycles. The van der Waals surface area contributed by atoms with E-state index in [-0.39, 0.29) is 0 Å². The number of benzene rings is 1. The van der Waals surface area contributed by atoms with Crippen LogP contribution in [0.5, 0.6) is 0 Å². The van der Waals surface area contributed by atoms with Gasteiger partial charge in [0.05, 0.1) is 5.69 Å². The molecule has 20 heavy (non-hydrogen) atoms. The standard InChI is InChI=1S/C16H19N3S/c1-11(2)10-19-13(9-17)8-15(18)16(19)20-14-6-4-12(3)5-7-14/h4-8,11H,10,18H2,1-3H3. The van der Waals surface area contributed by atoms with E-state index in [9.17, 15) is 5.26 Å². The number of nitriles is 1. The fraction of sp³-hybridized carbons (Fsp3) is 0.312. The molecule has 2 rings (SSSR count). The van der Waals surface area contributed by atoms with E-state index in [1.807, 2.05) is 4.57 Å². The van der Waals surface area contributed by atoms with Crippen LogP contribution in [0.15, 0.2) is 40.3 Å². The maximum Gasteiger partial charge on any atom is 0.123 e. The zero-order valence-corrected chi connectivity index (χ0v) is 12.9. The van der Waals surface area contributed by atoms with Crippen LogP contribution in [0.4, 0.5) is 5.69 Å². The van der Waals surface area contributed by atoms with Gasteiger partial charge < -0.3 is 10.3 Å². The van der Waals surface area contributed by atoms with Gasteiger partial charge in [0.2, 0.25) is 0 Å². The Labute approximate surface area is 124 Å². The summed E-state index contributed by atoms with van der Waals surface area (Å²) in [6.45, 7) is 7.14. The van der Waals surface area contributed by atoms with E-state index < -0.39 is 0 Å². The molecular formula is C16H19N3S. The van der Waals surface area contributed by atoms with E-state index in [1.54, 1.807) is 17.8 Å². The third-order valence-electron chi connectivity index (χ3n) is 2.97. The minimum Gasteiger partial charge on any atom is -0.397 e. The number of nitrogen functional groups attached to an aromatic ring is 1. The van der Waals surface area contributed by atoms with Crippen molar-refractivity contribution in [2.75, 3.05) is 5.73 Å². The molecule has 0 unspecified atom stereocenters. The lowest BCUT2D eigenvalue weighted by atomic mass is 10.2. The second kappa shape index (κ2) is 6.06. The largest absolute Gasteiger partial charge is 0.397 e. The number of nitrogens with zero attached hydrogens (tertiary/aromatic N) is 2. The highest BCUT2D eigenvalue weighted by Gasteiger charge is 2.15. The van der Waals surface area contributed by atoms with Gasteiger partial charge in [-0.2, -0.15) is 5.26 Å². The van der Waals surface area contributed by atoms with Crippen molar-refractivity contribution >= 4 is 17.4 Å². The molecule has 0 fully saturated rings. The van der Waals surface area contributed by atoms with Crippen molar-refractivity contribution in [1.82, 2.24) is 4.57 Å². The fourth-order valence-electron chi connectivity index (χ4n) is 2.02. The number of hydrogen-bond donors (Lipinski definition) is 1. The summed E-state index contributed by atoms with van der Waals surface area (Å²) in [5.74, 6) is 0.464. The van der Waals surface area contributed by atoms with Gasteiger partial charge in [-0.15, -0.1) is 0 Å². The first-order valence-electron chi connectivity index (χ1n) is 6.65. The van der Waals surface area contributed by atoms with Crippen LogP contribution >= 0.6 is 11.8 Å². The average Bonchev–Trinajstić information content (AvgIpc) is 2.69. The Bertz CT molecular complexity index is 633. The smallest absolute Gasteiger partial charge is 0.123 e. The number of nitrogens with two attached hydrogens (primary N) is 1. The molecule has 0 aliphatic carbocycles. The lowest BCUT2D eigenvalue weighted by molar-refractivity contribution is 0.498. The van der Waals surface area contributed by atoms with Crippen molar-refractivity contribution in [3.63, 3.8) is 0 Å². The Morgan fingerprint density at radius 1 is 1.30 bits per heavy atom. The van der Waals surface area contributed by atoms with Crippen LogP contribution in [0.2, 0.25) is 0 Å². The summed E-state index contributed by atoms with van der Waals surface area (Å²) in [5.41, 5.74) is 8.62. The number of rotatable bonds is 4. The predicted molar refractivity (Wildman–Crippen MR) is 83.7 cm³/mol. The van der Waals surface area contributed by atoms with Crippen LogP contribution < -0.4 is 5.73 Å². The molecule has 2 N–H and O–H groups in total. The molecule has 0 saturated carbocycles. The molecule has 0 aliphatic heterocycles. The van der Waals surface area contributed by atoms with Crippen molar-refractivity contribution in [2.24, 2.45) is 5.92 Å². The van der Waals surface area contributed by atoms with Crippen LogP contribution in [0.1, 0.15) is 25.1 Å². The van der Waals surface area contributed by atoms with Gasteiger partial charge in [0.1, 0.15) is 16.8 Å². The SMILES string of the molecule is Cc1ccc(Sc2c(N)cc(C#N)n2CC(C)C)cc1. The molecule has 0 saturated heterocycles. The van der Waals surface area contributed by atoms with E-state index >= 15 is 0 Å². The van der Waals surface area contributed by atoms with Crippen molar-refractivity contribution in [2.45, 2.75) is 37.2 Å². The first-order chi connectivity index (χ1) is 9.51. The molecule has 1 heterocycles. The van der Waals surface area contributed by atoms with E-state index in [0.717, 1.165) is 16.5 Å². The summed E-state index contributed by atoms with van der Waals surface area (Å²) in [4.78, 5) is 1.13. The molecule has 1 aromatic heterocycles. The van der Waals surface area contributed by atoms with Crippen LogP contribution in [0, 0.1) is 24.2 Å². The summed E-state index contributed by atoms with van der Waals surface area (Å²) in [7, 11) is 0. The lowest BCUT2D eigenvalue weighted by Crippen LogP contribution is -2.07. The van der Waals surface area contributed by atoms with Gasteiger partial charge in [0.25, 0.3) is 0 Å². The highest BCUT2D eigenvalue weighted by Crippen LogP contribution is 2.35. The molecule has 0 bridgehead atoms. The van der Waals surface area contributed by atoms with Crippen molar-refractivity contribution < 1.29 is 0 Å². The van der Waals surface area contributed by atoms with Crippen LogP contribution in [0.25, 0.3) is 0 Å². The maximum atomic E-state index is 9.24. The van der Waals surface area contributed by atoms with Gasteiger partial charge in [-0.05, 0) is 31.0 Å². The Kier molecular flexibility index (Phi) is 4.41. The number of aryl methyl sites for hydroxylation is 1. The number of aromatic nitrogens is 1. The molecule has 0 amide bonds. The van der Waals surface area contributed by atoms with Crippen molar-refractivity contribution in [1.29, 1.82) is 5.26 Å². The Morgan fingerprint density at radius 2 is 1.95 bits per heavy atom. The van der Waals surface area contributed by atoms with Crippen molar-refractivity contribution in [3.05, 3.63) is 41.6 Å². The quantitative estimate of drug-likeness (QED) is 0.921. The Hall–Kier alpha value is -1.86. The van der Waals surface area contributed by atoms with Crippen molar-refractivity contribution in [3.8, 4) is 6.07 Å². The molecule has 2 aromatic rings. The minimum absolute atomic E-state index is 0.464. The molecular weight excluding hydrogens is 266 g/mol. The zero-order valence-electron chi connectivity index (χ0n) is 12.1. The second-order valence-corrected chi connectivity index (χ2v) is 6.38. The molecule has 0 atom stereocenters. The van der Waals surface area contributed by atoms with E-state index in [1.165, 1.54) is 5.56 Å². The van der Waals surface area contributed by atoms with Gasteiger partial charge in [0, 0.05) is 11.4 Å². The van der Waals surface area contributed by atoms with Crippen LogP contribution in [0.3, 0.4) is 0 Å². The fourth-order valence-corrected chi connectivity index (χ4v) is 2.98. The summed E-state index contributed by atoms with van der Waals surface area (Å²) in [6, 6.07) is 12.3. The summed E-state index contributed by atoms with van der Waals surface area (Å²) < 4.78 is 2.02. The highest BCUT2D eigenvalue weighted by atomic mass is 32.2. The molecule has 104 valence electrons. The first-order valence-corrected chi connectivity index (χ1v) is 7.46. The zero-order chi connectivity index (χ0) is 14.7. The third kappa shape index (κ3) is 3.17. The molecule has 0 aliphatic rings. The summed E-state index contributed by atoms with van der Waals surface area (Å²) in [6.07, 6.45) is 0. The molecule has 0 radical (unpaired) electrons. The van der Waals surface area contributed by atoms with Crippen LogP contribution in [-0.4, -0.2) is 4.57 Å². The molecule has 3 nitrogen and oxygen atoms in total. The average molecular weight is 285 g/mol. The molecule has 4 heteroatoms. The Balaban J connectivity index is 2.37. The highest BCUT2D eigenvalue weighted by molar-refractivity contribution is 7.99. The van der Waals surface area contributed by atoms with Gasteiger partial charge in [-0.25, -0.2) is 0 Å².